The number of ether oxygens (including phenoxy) is 1. The lowest BCUT2D eigenvalue weighted by Gasteiger charge is -2.26. The number of carbonyl (C=O) groups excluding carboxylic acids is 1. The number of likely N-dealkylation sites (N-methyl/N-ethyl adjacent to an activating group) is 1. The first kappa shape index (κ1) is 20.9. The highest BCUT2D eigenvalue weighted by Gasteiger charge is 2.33. The van der Waals surface area contributed by atoms with Gasteiger partial charge in [-0.1, -0.05) is 25.1 Å². The molecular weight excluding hydrogens is 377 g/mol. The van der Waals surface area contributed by atoms with Gasteiger partial charge < -0.3 is 10.1 Å². The van der Waals surface area contributed by atoms with Crippen LogP contribution in [-0.4, -0.2) is 19.1 Å². The Hall–Kier alpha value is -2.36. The normalized spacial score (nSPS) is 21.5. The topological polar surface area (TPSA) is 38.3 Å². The van der Waals surface area contributed by atoms with Crippen LogP contribution in [-0.2, 0) is 10.2 Å². The van der Waals surface area contributed by atoms with Gasteiger partial charge in [-0.2, -0.15) is 0 Å². The molecule has 0 saturated heterocycles. The third-order valence-corrected chi connectivity index (χ3v) is 6.76. The van der Waals surface area contributed by atoms with Gasteiger partial charge in [0.2, 0.25) is 5.91 Å². The molecule has 2 saturated carbocycles. The number of hydrogen-bond acceptors (Lipinski definition) is 2. The first-order chi connectivity index (χ1) is 14.3. The van der Waals surface area contributed by atoms with E-state index in [2.05, 4.69) is 12.2 Å². The smallest absolute Gasteiger partial charge is 0.229 e. The molecule has 0 aliphatic heterocycles. The molecule has 160 valence electrons. The van der Waals surface area contributed by atoms with E-state index in [9.17, 15) is 9.18 Å². The molecule has 3 nitrogen and oxygen atoms in total. The average Bonchev–Trinajstić information content (AvgIpc) is 3.48. The predicted octanol–water partition coefficient (Wildman–Crippen LogP) is 5.96. The monoisotopic (exact) mass is 409 g/mol. The van der Waals surface area contributed by atoms with Gasteiger partial charge >= 0.3 is 0 Å². The highest BCUT2D eigenvalue weighted by molar-refractivity contribution is 5.88. The van der Waals surface area contributed by atoms with Crippen molar-refractivity contribution in [3.8, 4) is 16.9 Å². The van der Waals surface area contributed by atoms with Crippen molar-refractivity contribution < 1.29 is 13.9 Å². The van der Waals surface area contributed by atoms with Crippen molar-refractivity contribution in [2.75, 3.05) is 7.05 Å². The third-order valence-electron chi connectivity index (χ3n) is 6.76. The van der Waals surface area contributed by atoms with Crippen LogP contribution in [0.1, 0.15) is 69.9 Å². The summed E-state index contributed by atoms with van der Waals surface area (Å²) in [5.41, 5.74) is 2.78. The average molecular weight is 410 g/mol. The van der Waals surface area contributed by atoms with E-state index in [1.807, 2.05) is 38.1 Å². The van der Waals surface area contributed by atoms with Gasteiger partial charge in [-0.3, -0.25) is 4.79 Å². The molecule has 0 radical (unpaired) electrons. The Morgan fingerprint density at radius 2 is 1.87 bits per heavy atom. The lowest BCUT2D eigenvalue weighted by atomic mass is 9.81. The summed E-state index contributed by atoms with van der Waals surface area (Å²) in [4.78, 5) is 12.5. The molecule has 2 aliphatic rings. The summed E-state index contributed by atoms with van der Waals surface area (Å²) in [7, 11) is 1.65. The quantitative estimate of drug-likeness (QED) is 0.639. The van der Waals surface area contributed by atoms with Crippen molar-refractivity contribution in [2.24, 2.45) is 5.92 Å². The van der Waals surface area contributed by atoms with Crippen LogP contribution in [0.25, 0.3) is 11.1 Å². The number of benzene rings is 2. The van der Waals surface area contributed by atoms with Gasteiger partial charge in [0.05, 0.1) is 11.5 Å². The van der Waals surface area contributed by atoms with Crippen LogP contribution in [0.5, 0.6) is 5.75 Å². The van der Waals surface area contributed by atoms with Crippen LogP contribution in [0.3, 0.4) is 0 Å². The number of hydrogen-bond donors (Lipinski definition) is 1. The molecule has 2 aromatic rings. The van der Waals surface area contributed by atoms with Crippen molar-refractivity contribution in [3.63, 3.8) is 0 Å². The maximum atomic E-state index is 14.8. The zero-order valence-corrected chi connectivity index (χ0v) is 18.4. The summed E-state index contributed by atoms with van der Waals surface area (Å²) in [5.74, 6) is 1.54. The van der Waals surface area contributed by atoms with Gasteiger partial charge in [0.1, 0.15) is 11.6 Å². The largest absolute Gasteiger partial charge is 0.490 e. The first-order valence-corrected chi connectivity index (χ1v) is 11.1. The van der Waals surface area contributed by atoms with E-state index in [-0.39, 0.29) is 23.7 Å². The van der Waals surface area contributed by atoms with Crippen molar-refractivity contribution in [3.05, 3.63) is 53.3 Å². The fourth-order valence-corrected chi connectivity index (χ4v) is 4.68. The van der Waals surface area contributed by atoms with E-state index in [4.69, 9.17) is 4.74 Å². The zero-order chi connectivity index (χ0) is 21.5. The molecule has 0 bridgehead atoms. The second-order valence-electron chi connectivity index (χ2n) is 9.55. The number of amides is 1. The van der Waals surface area contributed by atoms with Gasteiger partial charge in [0.25, 0.3) is 0 Å². The highest BCUT2D eigenvalue weighted by Crippen LogP contribution is 2.48. The molecule has 1 amide bonds. The first-order valence-electron chi connectivity index (χ1n) is 11.1. The van der Waals surface area contributed by atoms with Crippen LogP contribution >= 0.6 is 0 Å². The van der Waals surface area contributed by atoms with Crippen LogP contribution in [0.15, 0.2) is 36.4 Å². The molecule has 30 heavy (non-hydrogen) atoms. The van der Waals surface area contributed by atoms with Crippen molar-refractivity contribution in [1.82, 2.24) is 5.32 Å². The Kier molecular flexibility index (Phi) is 5.61. The number of halogens is 1. The van der Waals surface area contributed by atoms with Gasteiger partial charge in [0.15, 0.2) is 0 Å². The van der Waals surface area contributed by atoms with Crippen LogP contribution in [0.2, 0.25) is 0 Å². The molecule has 4 rings (SSSR count). The third kappa shape index (κ3) is 3.97. The maximum Gasteiger partial charge on any atom is 0.229 e. The molecule has 1 N–H and O–H groups in total. The Morgan fingerprint density at radius 1 is 1.10 bits per heavy atom. The molecule has 0 unspecified atom stereocenters. The molecule has 2 aliphatic carbocycles. The van der Waals surface area contributed by atoms with E-state index in [1.54, 1.807) is 19.2 Å². The van der Waals surface area contributed by atoms with Gasteiger partial charge in [-0.05, 0) is 92.7 Å². The standard InChI is InChI=1S/C26H32FNO2/c1-16-8-12-19(14-16)30-23-13-11-18(26(2,3)25(29)28-4)15-21(23)20-6-5-7-22(27)24(20)17-9-10-17/h5-7,11,13,15-17,19H,8-10,12,14H2,1-4H3,(H,28,29)/t16-,19-/m1/s1. The molecule has 2 fully saturated rings. The lowest BCUT2D eigenvalue weighted by Crippen LogP contribution is -2.38. The summed E-state index contributed by atoms with van der Waals surface area (Å²) in [6, 6.07) is 11.3. The van der Waals surface area contributed by atoms with E-state index < -0.39 is 5.41 Å². The summed E-state index contributed by atoms with van der Waals surface area (Å²) in [5, 5.41) is 2.76. The molecule has 2 aromatic carbocycles. The minimum atomic E-state index is -0.697. The SMILES string of the molecule is CNC(=O)C(C)(C)c1ccc(O[C@@H]2CC[C@@H](C)C2)c(-c2cccc(F)c2C2CC2)c1. The second kappa shape index (κ2) is 8.05. The van der Waals surface area contributed by atoms with Gasteiger partial charge in [-0.15, -0.1) is 0 Å². The van der Waals surface area contributed by atoms with Crippen LogP contribution < -0.4 is 10.1 Å². The van der Waals surface area contributed by atoms with E-state index in [0.29, 0.717) is 5.92 Å². The Labute approximate surface area is 179 Å². The second-order valence-corrected chi connectivity index (χ2v) is 9.55. The summed E-state index contributed by atoms with van der Waals surface area (Å²) in [6.07, 6.45) is 5.50. The van der Waals surface area contributed by atoms with Crippen molar-refractivity contribution in [2.45, 2.75) is 70.3 Å². The molecule has 4 heteroatoms. The van der Waals surface area contributed by atoms with Crippen LogP contribution in [0.4, 0.5) is 4.39 Å². The minimum Gasteiger partial charge on any atom is -0.490 e. The number of carbonyl (C=O) groups is 1. The fourth-order valence-electron chi connectivity index (χ4n) is 4.68. The summed E-state index contributed by atoms with van der Waals surface area (Å²) >= 11 is 0. The Balaban J connectivity index is 1.82. The predicted molar refractivity (Wildman–Crippen MR) is 118 cm³/mol. The summed E-state index contributed by atoms with van der Waals surface area (Å²) < 4.78 is 21.3. The molecule has 2 atom stereocenters. The Bertz CT molecular complexity index is 948. The molecule has 0 aromatic heterocycles. The van der Waals surface area contributed by atoms with E-state index >= 15 is 0 Å². The minimum absolute atomic E-state index is 0.0478. The number of nitrogens with one attached hydrogen (secondary N) is 1. The summed E-state index contributed by atoms with van der Waals surface area (Å²) in [6.45, 7) is 6.09. The zero-order valence-electron chi connectivity index (χ0n) is 18.4. The maximum absolute atomic E-state index is 14.8. The van der Waals surface area contributed by atoms with Crippen molar-refractivity contribution in [1.29, 1.82) is 0 Å². The number of rotatable bonds is 6. The highest BCUT2D eigenvalue weighted by atomic mass is 19.1. The van der Waals surface area contributed by atoms with Crippen LogP contribution in [0, 0.1) is 11.7 Å². The van der Waals surface area contributed by atoms with E-state index in [1.165, 1.54) is 6.42 Å². The molecule has 0 heterocycles. The fraction of sp³-hybridized carbons (Fsp3) is 0.500. The lowest BCUT2D eigenvalue weighted by molar-refractivity contribution is -0.125. The Morgan fingerprint density at radius 3 is 2.50 bits per heavy atom. The van der Waals surface area contributed by atoms with Crippen molar-refractivity contribution >= 4 is 5.91 Å². The van der Waals surface area contributed by atoms with E-state index in [0.717, 1.165) is 53.7 Å². The molecular formula is C26H32FNO2. The van der Waals surface area contributed by atoms with Gasteiger partial charge in [0, 0.05) is 12.6 Å². The molecule has 0 spiro atoms. The van der Waals surface area contributed by atoms with Gasteiger partial charge in [-0.25, -0.2) is 4.39 Å².